The largest absolute Gasteiger partial charge is 0.479 e. The maximum Gasteiger partial charge on any atom is 0.265 e. The number of fused-ring (bicyclic) bond motifs is 1. The third-order valence-electron chi connectivity index (χ3n) is 2.79. The van der Waals surface area contributed by atoms with E-state index in [-0.39, 0.29) is 17.2 Å². The number of nitrogens with zero attached hydrogens (tertiary/aromatic N) is 3. The lowest BCUT2D eigenvalue weighted by atomic mass is 10.1. The Bertz CT molecular complexity index is 745. The van der Waals surface area contributed by atoms with E-state index in [1.807, 2.05) is 0 Å². The van der Waals surface area contributed by atoms with Crippen LogP contribution in [0.25, 0.3) is 0 Å². The third-order valence-corrected chi connectivity index (χ3v) is 2.79. The van der Waals surface area contributed by atoms with Crippen molar-refractivity contribution in [3.05, 3.63) is 29.5 Å². The highest BCUT2D eigenvalue weighted by atomic mass is 16.5. The normalized spacial score (nSPS) is 15.1. The molecule has 1 aromatic rings. The molecular weight excluding hydrogens is 270 g/mol. The SMILES string of the molecule is CC1Oc2cccc(NC(C#N)=C(C#N)C#N)c2NC1=O. The number of rotatable bonds is 2. The van der Waals surface area contributed by atoms with Gasteiger partial charge in [-0.05, 0) is 19.1 Å². The number of ether oxygens (including phenoxy) is 1. The van der Waals surface area contributed by atoms with E-state index >= 15 is 0 Å². The fourth-order valence-corrected chi connectivity index (χ4v) is 1.75. The van der Waals surface area contributed by atoms with Crippen molar-refractivity contribution in [1.82, 2.24) is 0 Å². The highest BCUT2D eigenvalue weighted by molar-refractivity contribution is 6.01. The standard InChI is InChI=1S/C14H9N5O2/c1-8-14(20)19-13-10(3-2-4-12(13)21-8)18-11(7-17)9(5-15)6-16/h2-4,8,18H,1H3,(H,19,20). The van der Waals surface area contributed by atoms with Gasteiger partial charge in [0.1, 0.15) is 35.3 Å². The molecular formula is C14H9N5O2. The number of benzene rings is 1. The molecule has 1 aliphatic rings. The minimum Gasteiger partial charge on any atom is -0.479 e. The predicted octanol–water partition coefficient (Wildman–Crippen LogP) is 1.64. The van der Waals surface area contributed by atoms with Gasteiger partial charge in [0.15, 0.2) is 11.7 Å². The monoisotopic (exact) mass is 279 g/mol. The average molecular weight is 279 g/mol. The molecule has 0 spiro atoms. The number of para-hydroxylation sites is 1. The molecule has 2 rings (SSSR count). The zero-order chi connectivity index (χ0) is 15.4. The first kappa shape index (κ1) is 13.9. The summed E-state index contributed by atoms with van der Waals surface area (Å²) in [6, 6.07) is 9.95. The van der Waals surface area contributed by atoms with Gasteiger partial charge in [0.2, 0.25) is 0 Å². The fourth-order valence-electron chi connectivity index (χ4n) is 1.75. The van der Waals surface area contributed by atoms with Gasteiger partial charge in [-0.2, -0.15) is 15.8 Å². The number of hydrogen-bond donors (Lipinski definition) is 2. The molecule has 7 heteroatoms. The van der Waals surface area contributed by atoms with E-state index in [9.17, 15) is 4.79 Å². The quantitative estimate of drug-likeness (QED) is 0.793. The lowest BCUT2D eigenvalue weighted by Gasteiger charge is -2.25. The van der Waals surface area contributed by atoms with Crippen molar-refractivity contribution in [2.45, 2.75) is 13.0 Å². The van der Waals surface area contributed by atoms with E-state index in [2.05, 4.69) is 10.6 Å². The van der Waals surface area contributed by atoms with Crippen molar-refractivity contribution in [3.63, 3.8) is 0 Å². The lowest BCUT2D eigenvalue weighted by Crippen LogP contribution is -2.34. The first-order valence-electron chi connectivity index (χ1n) is 5.92. The summed E-state index contributed by atoms with van der Waals surface area (Å²) in [6.07, 6.45) is -0.618. The summed E-state index contributed by atoms with van der Waals surface area (Å²) in [6.45, 7) is 1.61. The maximum absolute atomic E-state index is 11.7. The minimum absolute atomic E-state index is 0.193. The Morgan fingerprint density at radius 3 is 2.62 bits per heavy atom. The van der Waals surface area contributed by atoms with Gasteiger partial charge in [-0.15, -0.1) is 0 Å². The Hall–Kier alpha value is -3.50. The summed E-state index contributed by atoms with van der Waals surface area (Å²) >= 11 is 0. The van der Waals surface area contributed by atoms with Gasteiger partial charge in [0.25, 0.3) is 5.91 Å². The van der Waals surface area contributed by atoms with Crippen molar-refractivity contribution in [2.24, 2.45) is 0 Å². The van der Waals surface area contributed by atoms with Gasteiger partial charge in [-0.25, -0.2) is 0 Å². The Kier molecular flexibility index (Phi) is 3.74. The van der Waals surface area contributed by atoms with Crippen molar-refractivity contribution in [1.29, 1.82) is 15.8 Å². The molecule has 1 unspecified atom stereocenters. The van der Waals surface area contributed by atoms with E-state index in [0.29, 0.717) is 17.1 Å². The Balaban J connectivity index is 2.45. The Labute approximate surface area is 120 Å². The molecule has 102 valence electrons. The second-order valence-electron chi connectivity index (χ2n) is 4.14. The van der Waals surface area contributed by atoms with E-state index in [1.54, 1.807) is 43.3 Å². The van der Waals surface area contributed by atoms with Crippen LogP contribution in [-0.4, -0.2) is 12.0 Å². The second-order valence-corrected chi connectivity index (χ2v) is 4.14. The number of nitriles is 3. The fraction of sp³-hybridized carbons (Fsp3) is 0.143. The Morgan fingerprint density at radius 2 is 2.00 bits per heavy atom. The zero-order valence-electron chi connectivity index (χ0n) is 11.0. The molecule has 0 aliphatic carbocycles. The van der Waals surface area contributed by atoms with Crippen molar-refractivity contribution in [3.8, 4) is 24.0 Å². The average Bonchev–Trinajstić information content (AvgIpc) is 2.49. The van der Waals surface area contributed by atoms with Gasteiger partial charge >= 0.3 is 0 Å². The summed E-state index contributed by atoms with van der Waals surface area (Å²) in [5.41, 5.74) is 0.198. The third kappa shape index (κ3) is 2.60. The summed E-state index contributed by atoms with van der Waals surface area (Å²) in [5.74, 6) is 0.125. The number of anilines is 2. The van der Waals surface area contributed by atoms with Crippen LogP contribution in [0.4, 0.5) is 11.4 Å². The van der Waals surface area contributed by atoms with Crippen LogP contribution in [0.15, 0.2) is 29.5 Å². The topological polar surface area (TPSA) is 122 Å². The number of carbonyl (C=O) groups excluding carboxylic acids is 1. The second kappa shape index (κ2) is 5.64. The first-order valence-corrected chi connectivity index (χ1v) is 5.92. The highest BCUT2D eigenvalue weighted by Gasteiger charge is 2.25. The van der Waals surface area contributed by atoms with Crippen LogP contribution < -0.4 is 15.4 Å². The van der Waals surface area contributed by atoms with Crippen LogP contribution in [0.1, 0.15) is 6.92 Å². The van der Waals surface area contributed by atoms with Crippen molar-refractivity contribution >= 4 is 17.3 Å². The van der Waals surface area contributed by atoms with Crippen LogP contribution in [0.5, 0.6) is 5.75 Å². The molecule has 1 aromatic carbocycles. The molecule has 1 amide bonds. The van der Waals surface area contributed by atoms with Crippen LogP contribution in [-0.2, 0) is 4.79 Å². The number of nitrogens with one attached hydrogen (secondary N) is 2. The molecule has 7 nitrogen and oxygen atoms in total. The molecule has 1 aliphatic heterocycles. The molecule has 0 saturated carbocycles. The van der Waals surface area contributed by atoms with Crippen LogP contribution in [0.3, 0.4) is 0 Å². The summed E-state index contributed by atoms with van der Waals surface area (Å²) in [5, 5.41) is 32.0. The molecule has 0 saturated heterocycles. The van der Waals surface area contributed by atoms with Crippen LogP contribution in [0, 0.1) is 34.0 Å². The van der Waals surface area contributed by atoms with E-state index in [1.165, 1.54) is 0 Å². The molecule has 0 aromatic heterocycles. The molecule has 0 fully saturated rings. The number of amides is 1. The summed E-state index contributed by atoms with van der Waals surface area (Å²) < 4.78 is 5.43. The predicted molar refractivity (Wildman–Crippen MR) is 72.6 cm³/mol. The van der Waals surface area contributed by atoms with E-state index < -0.39 is 6.10 Å². The molecule has 0 bridgehead atoms. The molecule has 1 atom stereocenters. The maximum atomic E-state index is 11.7. The summed E-state index contributed by atoms with van der Waals surface area (Å²) in [4.78, 5) is 11.7. The van der Waals surface area contributed by atoms with E-state index in [0.717, 1.165) is 0 Å². The van der Waals surface area contributed by atoms with Gasteiger partial charge in [-0.1, -0.05) is 6.07 Å². The van der Waals surface area contributed by atoms with Crippen LogP contribution >= 0.6 is 0 Å². The molecule has 1 heterocycles. The van der Waals surface area contributed by atoms with Crippen molar-refractivity contribution in [2.75, 3.05) is 10.6 Å². The zero-order valence-corrected chi connectivity index (χ0v) is 11.0. The van der Waals surface area contributed by atoms with E-state index in [4.69, 9.17) is 20.5 Å². The highest BCUT2D eigenvalue weighted by Crippen LogP contribution is 2.36. The van der Waals surface area contributed by atoms with Gasteiger partial charge in [-0.3, -0.25) is 4.79 Å². The first-order chi connectivity index (χ1) is 10.1. The molecule has 2 N–H and O–H groups in total. The Morgan fingerprint density at radius 1 is 1.29 bits per heavy atom. The molecule has 21 heavy (non-hydrogen) atoms. The smallest absolute Gasteiger partial charge is 0.265 e. The summed E-state index contributed by atoms with van der Waals surface area (Å²) in [7, 11) is 0. The number of carbonyl (C=O) groups is 1. The van der Waals surface area contributed by atoms with Gasteiger partial charge < -0.3 is 15.4 Å². The molecule has 0 radical (unpaired) electrons. The number of allylic oxidation sites excluding steroid dienone is 2. The van der Waals surface area contributed by atoms with Crippen LogP contribution in [0.2, 0.25) is 0 Å². The van der Waals surface area contributed by atoms with Gasteiger partial charge in [0, 0.05) is 0 Å². The minimum atomic E-state index is -0.618. The van der Waals surface area contributed by atoms with Gasteiger partial charge in [0.05, 0.1) is 5.69 Å². The lowest BCUT2D eigenvalue weighted by molar-refractivity contribution is -0.122. The van der Waals surface area contributed by atoms with Crippen molar-refractivity contribution < 1.29 is 9.53 Å². The number of hydrogen-bond acceptors (Lipinski definition) is 6.